The number of rotatable bonds is 2. The molecule has 2 amide bonds. The molecule has 29 heavy (non-hydrogen) atoms. The van der Waals surface area contributed by atoms with Gasteiger partial charge in [0, 0.05) is 19.0 Å². The summed E-state index contributed by atoms with van der Waals surface area (Å²) in [5, 5.41) is 4.08. The molecule has 8 nitrogen and oxygen atoms in total. The van der Waals surface area contributed by atoms with Crippen molar-refractivity contribution in [3.8, 4) is 17.3 Å². The number of nitrogens with zero attached hydrogens (tertiary/aromatic N) is 6. The van der Waals surface area contributed by atoms with Crippen molar-refractivity contribution in [2.75, 3.05) is 18.0 Å². The minimum Gasteiger partial charge on any atom is -0.332 e. The molecular formula is C21H24N6O2. The third kappa shape index (κ3) is 2.73. The molecule has 1 atom stereocenters. The van der Waals surface area contributed by atoms with Gasteiger partial charge in [-0.3, -0.25) is 9.47 Å². The van der Waals surface area contributed by atoms with E-state index in [-0.39, 0.29) is 18.0 Å². The monoisotopic (exact) mass is 392 g/mol. The Bertz CT molecular complexity index is 1060. The Hall–Kier alpha value is -3.16. The standard InChI is InChI=1S/C21H24N6O2/c1-13(2)19-23-20(29-24-19)17-18-14(3)27(21(28)25-10-6-7-11-25)16-9-5-4-8-15(16)26(18)12-22-17/h4-5,8-9,12-14H,6-7,10-11H2,1-3H3. The molecule has 3 aromatic rings. The average Bonchev–Trinajstić information content (AvgIpc) is 3.47. The van der Waals surface area contributed by atoms with Crippen LogP contribution >= 0.6 is 0 Å². The Morgan fingerprint density at radius 2 is 1.90 bits per heavy atom. The number of hydrogen-bond acceptors (Lipinski definition) is 5. The summed E-state index contributed by atoms with van der Waals surface area (Å²) in [6.45, 7) is 7.68. The van der Waals surface area contributed by atoms with Crippen LogP contribution in [0.25, 0.3) is 17.3 Å². The number of likely N-dealkylation sites (tertiary alicyclic amines) is 1. The van der Waals surface area contributed by atoms with E-state index in [1.165, 1.54) is 0 Å². The average molecular weight is 392 g/mol. The smallest absolute Gasteiger partial charge is 0.325 e. The predicted octanol–water partition coefficient (Wildman–Crippen LogP) is 4.14. The number of carbonyl (C=O) groups excluding carboxylic acids is 1. The topological polar surface area (TPSA) is 80.3 Å². The van der Waals surface area contributed by atoms with Crippen LogP contribution in [0.4, 0.5) is 10.5 Å². The van der Waals surface area contributed by atoms with Gasteiger partial charge in [0.15, 0.2) is 11.5 Å². The highest BCUT2D eigenvalue weighted by Crippen LogP contribution is 2.42. The number of amides is 2. The van der Waals surface area contributed by atoms with E-state index in [1.54, 1.807) is 6.33 Å². The van der Waals surface area contributed by atoms with Crippen molar-refractivity contribution in [1.29, 1.82) is 0 Å². The molecular weight excluding hydrogens is 368 g/mol. The van der Waals surface area contributed by atoms with Crippen LogP contribution < -0.4 is 4.90 Å². The maximum atomic E-state index is 13.4. The molecule has 2 aliphatic heterocycles. The lowest BCUT2D eigenvalue weighted by Crippen LogP contribution is -2.45. The Labute approximate surface area is 169 Å². The Morgan fingerprint density at radius 3 is 2.59 bits per heavy atom. The minimum atomic E-state index is -0.218. The minimum absolute atomic E-state index is 0.0363. The second kappa shape index (κ2) is 6.72. The fourth-order valence-corrected chi connectivity index (χ4v) is 4.21. The van der Waals surface area contributed by atoms with E-state index < -0.39 is 0 Å². The highest BCUT2D eigenvalue weighted by atomic mass is 16.5. The summed E-state index contributed by atoms with van der Waals surface area (Å²) >= 11 is 0. The molecule has 1 aromatic carbocycles. The number of imidazole rings is 1. The zero-order valence-corrected chi connectivity index (χ0v) is 16.9. The van der Waals surface area contributed by atoms with Gasteiger partial charge in [-0.1, -0.05) is 31.1 Å². The predicted molar refractivity (Wildman–Crippen MR) is 108 cm³/mol. The Morgan fingerprint density at radius 1 is 1.17 bits per heavy atom. The second-order valence-corrected chi connectivity index (χ2v) is 7.97. The van der Waals surface area contributed by atoms with E-state index in [0.717, 1.165) is 43.0 Å². The summed E-state index contributed by atoms with van der Waals surface area (Å²) in [6.07, 6.45) is 3.88. The number of aromatic nitrogens is 4. The molecule has 4 heterocycles. The summed E-state index contributed by atoms with van der Waals surface area (Å²) in [4.78, 5) is 26.4. The first-order valence-electron chi connectivity index (χ1n) is 10.1. The number of hydrogen-bond donors (Lipinski definition) is 0. The van der Waals surface area contributed by atoms with E-state index in [0.29, 0.717) is 17.4 Å². The molecule has 0 bridgehead atoms. The molecule has 2 aromatic heterocycles. The Balaban J connectivity index is 1.64. The molecule has 0 aliphatic carbocycles. The van der Waals surface area contributed by atoms with Crippen molar-refractivity contribution in [1.82, 2.24) is 24.6 Å². The van der Waals surface area contributed by atoms with Crippen molar-refractivity contribution >= 4 is 11.7 Å². The number of benzene rings is 1. The van der Waals surface area contributed by atoms with Gasteiger partial charge in [-0.25, -0.2) is 9.78 Å². The molecule has 0 spiro atoms. The van der Waals surface area contributed by atoms with Gasteiger partial charge in [0.05, 0.1) is 23.1 Å². The number of para-hydroxylation sites is 2. The third-order valence-corrected chi connectivity index (χ3v) is 5.73. The summed E-state index contributed by atoms with van der Waals surface area (Å²) in [5.74, 6) is 1.20. The lowest BCUT2D eigenvalue weighted by Gasteiger charge is -2.38. The molecule has 2 aliphatic rings. The summed E-state index contributed by atoms with van der Waals surface area (Å²) in [7, 11) is 0. The maximum absolute atomic E-state index is 13.4. The zero-order chi connectivity index (χ0) is 20.1. The molecule has 1 unspecified atom stereocenters. The van der Waals surface area contributed by atoms with Gasteiger partial charge >= 0.3 is 6.03 Å². The fraction of sp³-hybridized carbons (Fsp3) is 0.429. The summed E-state index contributed by atoms with van der Waals surface area (Å²) < 4.78 is 7.55. The van der Waals surface area contributed by atoms with E-state index in [2.05, 4.69) is 15.1 Å². The molecule has 150 valence electrons. The van der Waals surface area contributed by atoms with Crippen molar-refractivity contribution in [2.24, 2.45) is 0 Å². The number of anilines is 1. The lowest BCUT2D eigenvalue weighted by atomic mass is 10.1. The van der Waals surface area contributed by atoms with Gasteiger partial charge in [-0.2, -0.15) is 4.98 Å². The number of urea groups is 1. The molecule has 0 radical (unpaired) electrons. The van der Waals surface area contributed by atoms with Crippen LogP contribution in [0.2, 0.25) is 0 Å². The van der Waals surface area contributed by atoms with Gasteiger partial charge < -0.3 is 9.42 Å². The normalized spacial score (nSPS) is 18.3. The van der Waals surface area contributed by atoms with Crippen LogP contribution in [0.15, 0.2) is 35.1 Å². The van der Waals surface area contributed by atoms with Crippen LogP contribution in [-0.4, -0.2) is 43.7 Å². The maximum Gasteiger partial charge on any atom is 0.325 e. The van der Waals surface area contributed by atoms with E-state index in [9.17, 15) is 4.79 Å². The summed E-state index contributed by atoms with van der Waals surface area (Å²) in [6, 6.07) is 7.75. The van der Waals surface area contributed by atoms with E-state index in [1.807, 2.05) is 59.4 Å². The zero-order valence-electron chi connectivity index (χ0n) is 16.9. The lowest BCUT2D eigenvalue weighted by molar-refractivity contribution is 0.213. The van der Waals surface area contributed by atoms with Crippen molar-refractivity contribution < 1.29 is 9.32 Å². The van der Waals surface area contributed by atoms with Gasteiger partial charge in [-0.15, -0.1) is 0 Å². The third-order valence-electron chi connectivity index (χ3n) is 5.73. The number of carbonyl (C=O) groups is 1. The molecule has 1 fully saturated rings. The summed E-state index contributed by atoms with van der Waals surface area (Å²) in [5.41, 5.74) is 3.33. The van der Waals surface area contributed by atoms with Gasteiger partial charge in [-0.05, 0) is 31.9 Å². The van der Waals surface area contributed by atoms with E-state index in [4.69, 9.17) is 4.52 Å². The molecule has 5 rings (SSSR count). The highest BCUT2D eigenvalue weighted by molar-refractivity contribution is 5.96. The molecule has 0 N–H and O–H groups in total. The van der Waals surface area contributed by atoms with Crippen LogP contribution in [0.3, 0.4) is 0 Å². The first-order chi connectivity index (χ1) is 14.1. The van der Waals surface area contributed by atoms with Crippen molar-refractivity contribution in [2.45, 2.75) is 45.6 Å². The number of fused-ring (bicyclic) bond motifs is 3. The van der Waals surface area contributed by atoms with Crippen molar-refractivity contribution in [3.63, 3.8) is 0 Å². The van der Waals surface area contributed by atoms with Gasteiger partial charge in [0.2, 0.25) is 0 Å². The highest BCUT2D eigenvalue weighted by Gasteiger charge is 2.38. The SMILES string of the molecule is CC(C)c1noc(-c2ncn3c2C(C)N(C(=O)N2CCCC2)c2ccccc2-3)n1. The second-order valence-electron chi connectivity index (χ2n) is 7.97. The van der Waals surface area contributed by atoms with Crippen LogP contribution in [0, 0.1) is 0 Å². The largest absolute Gasteiger partial charge is 0.332 e. The van der Waals surface area contributed by atoms with Crippen molar-refractivity contribution in [3.05, 3.63) is 42.1 Å². The van der Waals surface area contributed by atoms with Crippen LogP contribution in [0.5, 0.6) is 0 Å². The fourth-order valence-electron chi connectivity index (χ4n) is 4.21. The van der Waals surface area contributed by atoms with Gasteiger partial charge in [0.1, 0.15) is 6.33 Å². The van der Waals surface area contributed by atoms with Crippen LogP contribution in [0.1, 0.15) is 57.1 Å². The van der Waals surface area contributed by atoms with Crippen LogP contribution in [-0.2, 0) is 0 Å². The quantitative estimate of drug-likeness (QED) is 0.655. The first-order valence-corrected chi connectivity index (χ1v) is 10.1. The van der Waals surface area contributed by atoms with Gasteiger partial charge in [0.25, 0.3) is 5.89 Å². The Kier molecular flexibility index (Phi) is 4.15. The van der Waals surface area contributed by atoms with E-state index >= 15 is 0 Å². The first kappa shape index (κ1) is 17.9. The molecule has 1 saturated heterocycles. The molecule has 8 heteroatoms. The molecule has 0 saturated carbocycles.